The van der Waals surface area contributed by atoms with Crippen LogP contribution in [0.15, 0.2) is 6.07 Å². The molecule has 17 heavy (non-hydrogen) atoms. The second-order valence-corrected chi connectivity index (χ2v) is 4.72. The number of hydrogen-bond acceptors (Lipinski definition) is 4. The van der Waals surface area contributed by atoms with Gasteiger partial charge in [-0.2, -0.15) is 4.98 Å². The first-order chi connectivity index (χ1) is 8.11. The van der Waals surface area contributed by atoms with Gasteiger partial charge in [-0.25, -0.2) is 4.98 Å². The lowest BCUT2D eigenvalue weighted by molar-refractivity contribution is 0.593. The van der Waals surface area contributed by atoms with Crippen LogP contribution in [-0.2, 0) is 0 Å². The molecule has 0 amide bonds. The fraction of sp³-hybridized carbons (Fsp3) is 0.667. The molecule has 96 valence electrons. The van der Waals surface area contributed by atoms with Crippen LogP contribution >= 0.6 is 11.6 Å². The van der Waals surface area contributed by atoms with Crippen molar-refractivity contribution in [2.24, 2.45) is 0 Å². The Bertz CT molecular complexity index is 323. The Morgan fingerprint density at radius 2 is 2.12 bits per heavy atom. The maximum absolute atomic E-state index is 5.81. The molecule has 0 aliphatic rings. The zero-order chi connectivity index (χ0) is 12.7. The van der Waals surface area contributed by atoms with E-state index < -0.39 is 0 Å². The molecule has 0 saturated heterocycles. The summed E-state index contributed by atoms with van der Waals surface area (Å²) in [4.78, 5) is 7.91. The molecular formula is C12H21ClN4. The molecule has 0 bridgehead atoms. The van der Waals surface area contributed by atoms with E-state index in [1.807, 2.05) is 0 Å². The number of nitrogens with zero attached hydrogens (tertiary/aromatic N) is 2. The van der Waals surface area contributed by atoms with Crippen molar-refractivity contribution >= 4 is 23.4 Å². The van der Waals surface area contributed by atoms with E-state index in [1.165, 1.54) is 25.7 Å². The Balaban J connectivity index is 2.36. The Labute approximate surface area is 108 Å². The van der Waals surface area contributed by atoms with Crippen LogP contribution in [-0.4, -0.2) is 16.0 Å². The number of rotatable bonds is 7. The number of halogens is 1. The topological polar surface area (TPSA) is 63.8 Å². The number of aromatic nitrogens is 2. The van der Waals surface area contributed by atoms with E-state index in [1.54, 1.807) is 6.07 Å². The number of unbranched alkanes of at least 4 members (excludes halogenated alkanes) is 3. The van der Waals surface area contributed by atoms with Gasteiger partial charge in [-0.15, -0.1) is 0 Å². The van der Waals surface area contributed by atoms with E-state index in [2.05, 4.69) is 29.1 Å². The highest BCUT2D eigenvalue weighted by Gasteiger charge is 2.05. The summed E-state index contributed by atoms with van der Waals surface area (Å²) in [6, 6.07) is 2.07. The van der Waals surface area contributed by atoms with Crippen molar-refractivity contribution in [1.82, 2.24) is 9.97 Å². The molecule has 5 heteroatoms. The van der Waals surface area contributed by atoms with Crippen molar-refractivity contribution in [1.29, 1.82) is 0 Å². The van der Waals surface area contributed by atoms with E-state index in [4.69, 9.17) is 17.3 Å². The normalized spacial score (nSPS) is 12.4. The first-order valence-corrected chi connectivity index (χ1v) is 6.56. The summed E-state index contributed by atoms with van der Waals surface area (Å²) < 4.78 is 0. The zero-order valence-electron chi connectivity index (χ0n) is 10.5. The minimum atomic E-state index is 0.207. The van der Waals surface area contributed by atoms with Gasteiger partial charge in [0.2, 0.25) is 5.95 Å². The third-order valence-electron chi connectivity index (χ3n) is 2.60. The molecule has 0 radical (unpaired) electrons. The summed E-state index contributed by atoms with van der Waals surface area (Å²) in [7, 11) is 0. The Morgan fingerprint density at radius 3 is 2.76 bits per heavy atom. The fourth-order valence-electron chi connectivity index (χ4n) is 1.71. The third kappa shape index (κ3) is 5.73. The van der Waals surface area contributed by atoms with E-state index in [9.17, 15) is 0 Å². The lowest BCUT2D eigenvalue weighted by Gasteiger charge is -2.14. The zero-order valence-corrected chi connectivity index (χ0v) is 11.3. The number of nitrogens with two attached hydrogens (primary N) is 1. The lowest BCUT2D eigenvalue weighted by atomic mass is 10.1. The molecule has 0 aliphatic heterocycles. The molecule has 0 fully saturated rings. The molecule has 1 aromatic rings. The molecule has 0 aromatic carbocycles. The van der Waals surface area contributed by atoms with E-state index >= 15 is 0 Å². The highest BCUT2D eigenvalue weighted by molar-refractivity contribution is 6.29. The quantitative estimate of drug-likeness (QED) is 0.579. The van der Waals surface area contributed by atoms with Crippen LogP contribution in [0.3, 0.4) is 0 Å². The van der Waals surface area contributed by atoms with Crippen LogP contribution in [0, 0.1) is 0 Å². The molecule has 4 nitrogen and oxygen atoms in total. The first-order valence-electron chi connectivity index (χ1n) is 6.18. The summed E-state index contributed by atoms with van der Waals surface area (Å²) in [5.41, 5.74) is 5.53. The monoisotopic (exact) mass is 256 g/mol. The average Bonchev–Trinajstić information content (AvgIpc) is 2.23. The number of anilines is 2. The highest BCUT2D eigenvalue weighted by Crippen LogP contribution is 2.15. The van der Waals surface area contributed by atoms with Crippen molar-refractivity contribution in [2.45, 2.75) is 52.0 Å². The predicted molar refractivity (Wildman–Crippen MR) is 73.3 cm³/mol. The minimum Gasteiger partial charge on any atom is -0.368 e. The third-order valence-corrected chi connectivity index (χ3v) is 2.79. The SMILES string of the molecule is CCCCCCC(C)Nc1cc(Cl)nc(N)n1. The van der Waals surface area contributed by atoms with Crippen molar-refractivity contribution in [2.75, 3.05) is 11.1 Å². The average molecular weight is 257 g/mol. The molecule has 1 heterocycles. The Morgan fingerprint density at radius 1 is 1.35 bits per heavy atom. The van der Waals surface area contributed by atoms with E-state index in [0.717, 1.165) is 6.42 Å². The summed E-state index contributed by atoms with van der Waals surface area (Å²) in [6.07, 6.45) is 6.21. The van der Waals surface area contributed by atoms with Crippen LogP contribution < -0.4 is 11.1 Å². The summed E-state index contributed by atoms with van der Waals surface area (Å²) >= 11 is 5.81. The van der Waals surface area contributed by atoms with Crippen LogP contribution in [0.5, 0.6) is 0 Å². The Kier molecular flexibility index (Phi) is 6.05. The standard InChI is InChI=1S/C12H21ClN4/c1-3-4-5-6-7-9(2)15-11-8-10(13)16-12(14)17-11/h8-9H,3-7H2,1-2H3,(H3,14,15,16,17). The molecule has 1 unspecified atom stereocenters. The van der Waals surface area contributed by atoms with Gasteiger partial charge >= 0.3 is 0 Å². The molecule has 3 N–H and O–H groups in total. The highest BCUT2D eigenvalue weighted by atomic mass is 35.5. The molecule has 0 saturated carbocycles. The van der Waals surface area contributed by atoms with Crippen LogP contribution in [0.2, 0.25) is 5.15 Å². The fourth-order valence-corrected chi connectivity index (χ4v) is 1.90. The maximum Gasteiger partial charge on any atom is 0.223 e. The van der Waals surface area contributed by atoms with Gasteiger partial charge in [0.05, 0.1) is 0 Å². The molecular weight excluding hydrogens is 236 g/mol. The van der Waals surface area contributed by atoms with Crippen LogP contribution in [0.1, 0.15) is 46.0 Å². The molecule has 0 aliphatic carbocycles. The minimum absolute atomic E-state index is 0.207. The van der Waals surface area contributed by atoms with Gasteiger partial charge < -0.3 is 11.1 Å². The van der Waals surface area contributed by atoms with Gasteiger partial charge in [0, 0.05) is 12.1 Å². The Hall–Kier alpha value is -1.03. The molecule has 1 aromatic heterocycles. The largest absolute Gasteiger partial charge is 0.368 e. The molecule has 1 rings (SSSR count). The summed E-state index contributed by atoms with van der Waals surface area (Å²) in [5, 5.41) is 3.66. The maximum atomic E-state index is 5.81. The van der Waals surface area contributed by atoms with Gasteiger partial charge in [-0.3, -0.25) is 0 Å². The van der Waals surface area contributed by atoms with Crippen LogP contribution in [0.4, 0.5) is 11.8 Å². The van der Waals surface area contributed by atoms with Crippen molar-refractivity contribution in [3.8, 4) is 0 Å². The van der Waals surface area contributed by atoms with Gasteiger partial charge in [0.25, 0.3) is 0 Å². The van der Waals surface area contributed by atoms with Crippen LogP contribution in [0.25, 0.3) is 0 Å². The van der Waals surface area contributed by atoms with Gasteiger partial charge in [0.15, 0.2) is 0 Å². The number of hydrogen-bond donors (Lipinski definition) is 2. The van der Waals surface area contributed by atoms with Gasteiger partial charge in [-0.1, -0.05) is 44.2 Å². The lowest BCUT2D eigenvalue weighted by Crippen LogP contribution is -2.16. The summed E-state index contributed by atoms with van der Waals surface area (Å²) in [5.74, 6) is 0.906. The first kappa shape index (κ1) is 14.0. The van der Waals surface area contributed by atoms with Gasteiger partial charge in [0.1, 0.15) is 11.0 Å². The van der Waals surface area contributed by atoms with E-state index in [-0.39, 0.29) is 5.95 Å². The predicted octanol–water partition coefficient (Wildman–Crippen LogP) is 3.48. The summed E-state index contributed by atoms with van der Waals surface area (Å²) in [6.45, 7) is 4.35. The molecule has 1 atom stereocenters. The van der Waals surface area contributed by atoms with E-state index in [0.29, 0.717) is 17.0 Å². The molecule has 0 spiro atoms. The number of nitrogen functional groups attached to an aromatic ring is 1. The van der Waals surface area contributed by atoms with Crippen molar-refractivity contribution in [3.63, 3.8) is 0 Å². The number of nitrogens with one attached hydrogen (secondary N) is 1. The van der Waals surface area contributed by atoms with Crippen molar-refractivity contribution < 1.29 is 0 Å². The van der Waals surface area contributed by atoms with Gasteiger partial charge in [-0.05, 0) is 13.3 Å². The second kappa shape index (κ2) is 7.33. The second-order valence-electron chi connectivity index (χ2n) is 4.33. The smallest absolute Gasteiger partial charge is 0.223 e. The van der Waals surface area contributed by atoms with Crippen molar-refractivity contribution in [3.05, 3.63) is 11.2 Å².